The Morgan fingerprint density at radius 3 is 2.33 bits per heavy atom. The quantitative estimate of drug-likeness (QED) is 0.365. The molecule has 1 rings (SSSR count). The fourth-order valence-electron chi connectivity index (χ4n) is 2.61. The monoisotopic (exact) mass is 385 g/mol. The second-order valence-electron chi connectivity index (χ2n) is 7.39. The molecule has 2 amide bonds. The molecule has 0 saturated carbocycles. The summed E-state index contributed by atoms with van der Waals surface area (Å²) in [5.41, 5.74) is -0.489. The first kappa shape index (κ1) is 22.9. The number of nitrogens with one attached hydrogen (secondary N) is 3. The number of amides is 2. The third kappa shape index (κ3) is 9.91. The number of alkyl carbamates (subject to hydrolysis) is 1. The second kappa shape index (κ2) is 11.5. The second-order valence-corrected chi connectivity index (χ2v) is 7.39. The maximum atomic E-state index is 11.7. The number of carbonyl (C=O) groups is 2. The lowest BCUT2D eigenvalue weighted by Crippen LogP contribution is -2.50. The normalized spacial score (nSPS) is 15.9. The van der Waals surface area contributed by atoms with E-state index in [4.69, 9.17) is 9.47 Å². The predicted octanol–water partition coefficient (Wildman–Crippen LogP) is 1.69. The first-order valence-electron chi connectivity index (χ1n) is 9.61. The van der Waals surface area contributed by atoms with E-state index in [-0.39, 0.29) is 12.1 Å². The molecule has 9 nitrogen and oxygen atoms in total. The zero-order chi connectivity index (χ0) is 20.3. The molecule has 1 heterocycles. The molecule has 0 aromatic heterocycles. The summed E-state index contributed by atoms with van der Waals surface area (Å²) < 4.78 is 10.2. The van der Waals surface area contributed by atoms with E-state index in [9.17, 15) is 9.59 Å². The summed E-state index contributed by atoms with van der Waals surface area (Å²) in [5, 5.41) is 9.34. The maximum Gasteiger partial charge on any atom is 0.409 e. The number of likely N-dealkylation sites (tertiary alicyclic amines) is 1. The largest absolute Gasteiger partial charge is 0.450 e. The van der Waals surface area contributed by atoms with Crippen LogP contribution in [-0.2, 0) is 9.47 Å². The van der Waals surface area contributed by atoms with Crippen molar-refractivity contribution in [3.05, 3.63) is 0 Å². The lowest BCUT2D eigenvalue weighted by Gasteiger charge is -2.32. The van der Waals surface area contributed by atoms with Gasteiger partial charge in [-0.2, -0.15) is 0 Å². The molecule has 0 radical (unpaired) electrons. The van der Waals surface area contributed by atoms with Gasteiger partial charge < -0.3 is 30.3 Å². The number of aliphatic imine (C=N–C) groups is 1. The zero-order valence-electron chi connectivity index (χ0n) is 17.3. The predicted molar refractivity (Wildman–Crippen MR) is 105 cm³/mol. The maximum absolute atomic E-state index is 11.7. The Morgan fingerprint density at radius 2 is 1.78 bits per heavy atom. The van der Waals surface area contributed by atoms with Gasteiger partial charge in [0.05, 0.1) is 6.61 Å². The minimum atomic E-state index is -0.489. The molecule has 0 atom stereocenters. The van der Waals surface area contributed by atoms with Crippen LogP contribution in [0.5, 0.6) is 0 Å². The van der Waals surface area contributed by atoms with Crippen molar-refractivity contribution < 1.29 is 19.1 Å². The van der Waals surface area contributed by atoms with Crippen molar-refractivity contribution in [2.75, 3.05) is 39.8 Å². The highest BCUT2D eigenvalue weighted by Crippen LogP contribution is 2.11. The molecular weight excluding hydrogens is 350 g/mol. The summed E-state index contributed by atoms with van der Waals surface area (Å²) in [7, 11) is 1.72. The molecule has 9 heteroatoms. The number of carbonyl (C=O) groups excluding carboxylic acids is 2. The van der Waals surface area contributed by atoms with Gasteiger partial charge in [0.1, 0.15) is 5.60 Å². The van der Waals surface area contributed by atoms with E-state index in [1.165, 1.54) is 0 Å². The molecule has 156 valence electrons. The van der Waals surface area contributed by atoms with Crippen LogP contribution in [0.3, 0.4) is 0 Å². The number of guanidine groups is 1. The van der Waals surface area contributed by atoms with Crippen molar-refractivity contribution in [2.24, 2.45) is 4.99 Å². The van der Waals surface area contributed by atoms with Crippen molar-refractivity contribution >= 4 is 18.1 Å². The summed E-state index contributed by atoms with van der Waals surface area (Å²) in [5.74, 6) is 0.724. The van der Waals surface area contributed by atoms with Crippen LogP contribution in [0.1, 0.15) is 47.0 Å². The molecule has 0 spiro atoms. The molecule has 0 aromatic rings. The van der Waals surface area contributed by atoms with E-state index in [1.807, 2.05) is 27.7 Å². The van der Waals surface area contributed by atoms with Crippen LogP contribution in [-0.4, -0.2) is 74.5 Å². The number of hydrogen-bond acceptors (Lipinski definition) is 5. The number of piperidine rings is 1. The zero-order valence-corrected chi connectivity index (χ0v) is 17.3. The summed E-state index contributed by atoms with van der Waals surface area (Å²) in [6.45, 7) is 10.3. The fourth-order valence-corrected chi connectivity index (χ4v) is 2.61. The number of rotatable bonds is 6. The van der Waals surface area contributed by atoms with E-state index in [1.54, 1.807) is 11.9 Å². The van der Waals surface area contributed by atoms with Gasteiger partial charge in [-0.05, 0) is 47.0 Å². The van der Waals surface area contributed by atoms with Gasteiger partial charge in [0.25, 0.3) is 0 Å². The van der Waals surface area contributed by atoms with Gasteiger partial charge in [0.2, 0.25) is 0 Å². The molecule has 27 heavy (non-hydrogen) atoms. The lowest BCUT2D eigenvalue weighted by atomic mass is 10.1. The van der Waals surface area contributed by atoms with Gasteiger partial charge >= 0.3 is 12.2 Å². The summed E-state index contributed by atoms with van der Waals surface area (Å²) in [4.78, 5) is 29.2. The minimum Gasteiger partial charge on any atom is -0.450 e. The topological polar surface area (TPSA) is 104 Å². The molecule has 0 unspecified atom stereocenters. The van der Waals surface area contributed by atoms with E-state index in [2.05, 4.69) is 20.9 Å². The van der Waals surface area contributed by atoms with Gasteiger partial charge in [-0.15, -0.1) is 0 Å². The van der Waals surface area contributed by atoms with Crippen LogP contribution in [0.25, 0.3) is 0 Å². The van der Waals surface area contributed by atoms with Crippen molar-refractivity contribution in [1.29, 1.82) is 0 Å². The van der Waals surface area contributed by atoms with Crippen molar-refractivity contribution in [3.8, 4) is 0 Å². The van der Waals surface area contributed by atoms with E-state index >= 15 is 0 Å². The van der Waals surface area contributed by atoms with Gasteiger partial charge in [-0.3, -0.25) is 4.99 Å². The summed E-state index contributed by atoms with van der Waals surface area (Å²) in [6, 6.07) is 0.266. The van der Waals surface area contributed by atoms with Crippen molar-refractivity contribution in [1.82, 2.24) is 20.9 Å². The highest BCUT2D eigenvalue weighted by Gasteiger charge is 2.24. The van der Waals surface area contributed by atoms with Crippen LogP contribution in [0.15, 0.2) is 4.99 Å². The first-order valence-corrected chi connectivity index (χ1v) is 9.61. The van der Waals surface area contributed by atoms with Gasteiger partial charge in [0.15, 0.2) is 5.96 Å². The Balaban J connectivity index is 2.19. The molecule has 0 aliphatic carbocycles. The summed E-state index contributed by atoms with van der Waals surface area (Å²) >= 11 is 0. The number of hydrogen-bond donors (Lipinski definition) is 3. The smallest absolute Gasteiger partial charge is 0.409 e. The molecule has 3 N–H and O–H groups in total. The van der Waals surface area contributed by atoms with Gasteiger partial charge in [-0.1, -0.05) is 0 Å². The van der Waals surface area contributed by atoms with Gasteiger partial charge in [0, 0.05) is 39.3 Å². The summed E-state index contributed by atoms with van der Waals surface area (Å²) in [6.07, 6.45) is 1.80. The Hall–Kier alpha value is -2.19. The Labute approximate surface area is 162 Å². The van der Waals surface area contributed by atoms with Crippen LogP contribution in [0.2, 0.25) is 0 Å². The molecule has 1 aliphatic rings. The highest BCUT2D eigenvalue weighted by atomic mass is 16.6. The number of ether oxygens (including phenoxy) is 2. The average molecular weight is 386 g/mol. The molecule has 1 saturated heterocycles. The number of nitrogens with zero attached hydrogens (tertiary/aromatic N) is 2. The van der Waals surface area contributed by atoms with Crippen LogP contribution < -0.4 is 16.0 Å². The van der Waals surface area contributed by atoms with Crippen molar-refractivity contribution in [3.63, 3.8) is 0 Å². The highest BCUT2D eigenvalue weighted by molar-refractivity contribution is 5.80. The van der Waals surface area contributed by atoms with Crippen LogP contribution >= 0.6 is 0 Å². The van der Waals surface area contributed by atoms with E-state index < -0.39 is 11.7 Å². The SMILES string of the molecule is CCOC(=O)N1CCC(NC(=NC)NCCCNC(=O)OC(C)(C)C)CC1. The first-order chi connectivity index (χ1) is 12.7. The molecular formula is C18H35N5O4. The fraction of sp³-hybridized carbons (Fsp3) is 0.833. The third-order valence-electron chi connectivity index (χ3n) is 3.90. The van der Waals surface area contributed by atoms with Crippen LogP contribution in [0, 0.1) is 0 Å². The Bertz CT molecular complexity index is 496. The Kier molecular flexibility index (Phi) is 9.74. The lowest BCUT2D eigenvalue weighted by molar-refractivity contribution is 0.0527. The molecule has 0 bridgehead atoms. The standard InChI is InChI=1S/C18H35N5O4/c1-6-26-17(25)23-12-8-14(9-13-23)22-15(19-5)20-10-7-11-21-16(24)27-18(2,3)4/h14H,6-13H2,1-5H3,(H,21,24)(H2,19,20,22). The average Bonchev–Trinajstić information content (AvgIpc) is 2.59. The minimum absolute atomic E-state index is 0.240. The molecule has 1 aliphatic heterocycles. The molecule has 0 aromatic carbocycles. The third-order valence-corrected chi connectivity index (χ3v) is 3.90. The van der Waals surface area contributed by atoms with E-state index in [0.717, 1.165) is 25.2 Å². The van der Waals surface area contributed by atoms with E-state index in [0.29, 0.717) is 32.8 Å². The van der Waals surface area contributed by atoms with Gasteiger partial charge in [-0.25, -0.2) is 9.59 Å². The Morgan fingerprint density at radius 1 is 1.15 bits per heavy atom. The van der Waals surface area contributed by atoms with Crippen molar-refractivity contribution in [2.45, 2.75) is 58.6 Å². The molecule has 1 fully saturated rings. The van der Waals surface area contributed by atoms with Crippen LogP contribution in [0.4, 0.5) is 9.59 Å².